The molecule has 112 valence electrons. The van der Waals surface area contributed by atoms with Gasteiger partial charge in [0.1, 0.15) is 30.2 Å². The molecule has 5 N–H and O–H groups in total. The molecule has 5 atom stereocenters. The highest BCUT2D eigenvalue weighted by molar-refractivity contribution is 7.46. The van der Waals surface area contributed by atoms with Gasteiger partial charge in [-0.05, 0) is 6.92 Å². The lowest BCUT2D eigenvalue weighted by Crippen LogP contribution is -2.58. The van der Waals surface area contributed by atoms with E-state index in [0.29, 0.717) is 0 Å². The zero-order valence-corrected chi connectivity index (χ0v) is 11.0. The summed E-state index contributed by atoms with van der Waals surface area (Å²) in [5.74, 6) is -0.303. The van der Waals surface area contributed by atoms with Gasteiger partial charge in [0.05, 0.1) is 12.7 Å². The fourth-order valence-electron chi connectivity index (χ4n) is 1.79. The third kappa shape index (κ3) is 4.90. The Morgan fingerprint density at radius 1 is 1.16 bits per heavy atom. The van der Waals surface area contributed by atoms with Crippen LogP contribution in [0.5, 0.6) is 0 Å². The molecular formula is C9H17O9P. The van der Waals surface area contributed by atoms with Crippen molar-refractivity contribution in [1.29, 1.82) is 0 Å². The smallest absolute Gasteiger partial charge is 0.388 e. The highest BCUT2D eigenvalue weighted by Crippen LogP contribution is 2.37. The summed E-state index contributed by atoms with van der Waals surface area (Å²) >= 11 is 0. The molecule has 5 unspecified atom stereocenters. The van der Waals surface area contributed by atoms with Crippen LogP contribution in [0.4, 0.5) is 0 Å². The van der Waals surface area contributed by atoms with Gasteiger partial charge in [0.25, 0.3) is 0 Å². The minimum atomic E-state index is -4.74. The third-order valence-corrected chi connectivity index (χ3v) is 3.19. The van der Waals surface area contributed by atoms with Crippen LogP contribution in [0.2, 0.25) is 0 Å². The zero-order chi connectivity index (χ0) is 14.8. The molecule has 1 rings (SSSR count). The monoisotopic (exact) mass is 300 g/mol. The average Bonchev–Trinajstić information content (AvgIpc) is 2.26. The predicted molar refractivity (Wildman–Crippen MR) is 60.0 cm³/mol. The maximum atomic E-state index is 11.0. The quantitative estimate of drug-likeness (QED) is 0.360. The Morgan fingerprint density at radius 2 is 1.68 bits per heavy atom. The molecule has 0 aromatic heterocycles. The van der Waals surface area contributed by atoms with Gasteiger partial charge in [-0.25, -0.2) is 4.57 Å². The van der Waals surface area contributed by atoms with Crippen molar-refractivity contribution in [1.82, 2.24) is 0 Å². The number of ketones is 1. The number of aliphatic hydroxyl groups is 3. The summed E-state index contributed by atoms with van der Waals surface area (Å²) in [6.07, 6.45) is -7.16. The second-order valence-electron chi connectivity index (χ2n) is 4.38. The number of phosphoric ester groups is 1. The van der Waals surface area contributed by atoms with Gasteiger partial charge in [0, 0.05) is 6.42 Å². The van der Waals surface area contributed by atoms with Crippen molar-refractivity contribution in [3.05, 3.63) is 0 Å². The Bertz CT molecular complexity index is 367. The summed E-state index contributed by atoms with van der Waals surface area (Å²) in [4.78, 5) is 28.1. The number of aliphatic hydroxyl groups excluding tert-OH is 3. The first-order valence-electron chi connectivity index (χ1n) is 5.51. The minimum absolute atomic E-state index is 0.197. The SMILES string of the molecule is CC(=O)CC1OC(COP(=O)(O)O)C(O)C(O)C1O. The molecule has 1 fully saturated rings. The summed E-state index contributed by atoms with van der Waals surface area (Å²) in [7, 11) is -4.74. The summed E-state index contributed by atoms with van der Waals surface area (Å²) in [6.45, 7) is 0.582. The highest BCUT2D eigenvalue weighted by atomic mass is 31.2. The van der Waals surface area contributed by atoms with Crippen LogP contribution in [-0.4, -0.2) is 68.0 Å². The van der Waals surface area contributed by atoms with Gasteiger partial charge in [0.15, 0.2) is 0 Å². The van der Waals surface area contributed by atoms with E-state index in [1.165, 1.54) is 6.92 Å². The lowest BCUT2D eigenvalue weighted by atomic mass is 9.93. The maximum absolute atomic E-state index is 11.0. The van der Waals surface area contributed by atoms with Crippen LogP contribution >= 0.6 is 7.82 Å². The van der Waals surface area contributed by atoms with Crippen LogP contribution in [0, 0.1) is 0 Å². The van der Waals surface area contributed by atoms with Gasteiger partial charge in [-0.15, -0.1) is 0 Å². The van der Waals surface area contributed by atoms with E-state index in [-0.39, 0.29) is 12.2 Å². The average molecular weight is 300 g/mol. The molecule has 0 radical (unpaired) electrons. The molecule has 19 heavy (non-hydrogen) atoms. The van der Waals surface area contributed by atoms with Gasteiger partial charge >= 0.3 is 7.82 Å². The predicted octanol–water partition coefficient (Wildman–Crippen LogP) is -2.08. The van der Waals surface area contributed by atoms with E-state index in [2.05, 4.69) is 4.52 Å². The van der Waals surface area contributed by atoms with Crippen molar-refractivity contribution in [3.8, 4) is 0 Å². The topological polar surface area (TPSA) is 154 Å². The van der Waals surface area contributed by atoms with Crippen molar-refractivity contribution in [2.45, 2.75) is 43.9 Å². The fraction of sp³-hybridized carbons (Fsp3) is 0.889. The number of carbonyl (C=O) groups is 1. The van der Waals surface area contributed by atoms with Crippen molar-refractivity contribution < 1.29 is 43.7 Å². The maximum Gasteiger partial charge on any atom is 0.469 e. The number of phosphoric acid groups is 1. The Balaban J connectivity index is 2.70. The Kier molecular flexibility index (Phi) is 5.60. The molecule has 0 saturated carbocycles. The van der Waals surface area contributed by atoms with Gasteiger partial charge in [0.2, 0.25) is 0 Å². The second kappa shape index (κ2) is 6.38. The van der Waals surface area contributed by atoms with Crippen LogP contribution in [0.25, 0.3) is 0 Å². The van der Waals surface area contributed by atoms with Crippen LogP contribution in [0.15, 0.2) is 0 Å². The lowest BCUT2D eigenvalue weighted by molar-refractivity contribution is -0.228. The van der Waals surface area contributed by atoms with E-state index in [1.807, 2.05) is 0 Å². The van der Waals surface area contributed by atoms with E-state index in [1.54, 1.807) is 0 Å². The van der Waals surface area contributed by atoms with Crippen molar-refractivity contribution in [2.75, 3.05) is 6.61 Å². The van der Waals surface area contributed by atoms with Gasteiger partial charge < -0.3 is 29.8 Å². The molecular weight excluding hydrogens is 283 g/mol. The first-order chi connectivity index (χ1) is 8.61. The van der Waals surface area contributed by atoms with E-state index in [0.717, 1.165) is 0 Å². The molecule has 1 aliphatic rings. The largest absolute Gasteiger partial charge is 0.469 e. The molecule has 0 aliphatic carbocycles. The third-order valence-electron chi connectivity index (χ3n) is 2.71. The van der Waals surface area contributed by atoms with Crippen molar-refractivity contribution in [2.24, 2.45) is 0 Å². The molecule has 1 saturated heterocycles. The van der Waals surface area contributed by atoms with Crippen LogP contribution in [0.3, 0.4) is 0 Å². The number of Topliss-reactive ketones (excluding diaryl/α,β-unsaturated/α-hetero) is 1. The molecule has 0 bridgehead atoms. The molecule has 1 heterocycles. The molecule has 0 aromatic rings. The molecule has 1 aliphatic heterocycles. The number of hydrogen-bond donors (Lipinski definition) is 5. The van der Waals surface area contributed by atoms with Crippen LogP contribution in [-0.2, 0) is 18.6 Å². The van der Waals surface area contributed by atoms with E-state index in [9.17, 15) is 24.7 Å². The first-order valence-corrected chi connectivity index (χ1v) is 7.04. The second-order valence-corrected chi connectivity index (χ2v) is 5.62. The number of hydrogen-bond acceptors (Lipinski definition) is 7. The van der Waals surface area contributed by atoms with Gasteiger partial charge in [-0.3, -0.25) is 9.32 Å². The molecule has 0 spiro atoms. The number of carbonyl (C=O) groups excluding carboxylic acids is 1. The normalized spacial score (nSPS) is 36.2. The molecule has 0 amide bonds. The van der Waals surface area contributed by atoms with E-state index >= 15 is 0 Å². The summed E-state index contributed by atoms with van der Waals surface area (Å²) in [5.41, 5.74) is 0. The minimum Gasteiger partial charge on any atom is -0.388 e. The Labute approximate surface area is 109 Å². The van der Waals surface area contributed by atoms with Crippen molar-refractivity contribution in [3.63, 3.8) is 0 Å². The Hall–Kier alpha value is -0.380. The summed E-state index contributed by atoms with van der Waals surface area (Å²) in [5, 5.41) is 28.8. The number of ether oxygens (including phenoxy) is 1. The number of rotatable bonds is 5. The highest BCUT2D eigenvalue weighted by Gasteiger charge is 2.44. The van der Waals surface area contributed by atoms with Crippen LogP contribution < -0.4 is 0 Å². The van der Waals surface area contributed by atoms with E-state index in [4.69, 9.17) is 14.5 Å². The van der Waals surface area contributed by atoms with Gasteiger partial charge in [-0.1, -0.05) is 0 Å². The molecule has 0 aromatic carbocycles. The van der Waals surface area contributed by atoms with Crippen LogP contribution in [0.1, 0.15) is 13.3 Å². The summed E-state index contributed by atoms with van der Waals surface area (Å²) in [6, 6.07) is 0. The van der Waals surface area contributed by atoms with Crippen molar-refractivity contribution >= 4 is 13.6 Å². The first kappa shape index (κ1) is 16.7. The molecule has 10 heteroatoms. The van der Waals surface area contributed by atoms with Gasteiger partial charge in [-0.2, -0.15) is 0 Å². The molecule has 9 nitrogen and oxygen atoms in total. The lowest BCUT2D eigenvalue weighted by Gasteiger charge is -2.40. The summed E-state index contributed by atoms with van der Waals surface area (Å²) < 4.78 is 19.9. The van der Waals surface area contributed by atoms with E-state index < -0.39 is 44.9 Å². The zero-order valence-electron chi connectivity index (χ0n) is 10.1. The fourth-order valence-corrected chi connectivity index (χ4v) is 2.13. The standard InChI is InChI=1S/C9H17O9P/c1-4(10)2-5-7(11)9(13)8(12)6(18-5)3-17-19(14,15)16/h5-9,11-13H,2-3H2,1H3,(H2,14,15,16). The Morgan fingerprint density at radius 3 is 2.16 bits per heavy atom.